The molecule has 0 saturated carbocycles. The van der Waals surface area contributed by atoms with Crippen LogP contribution in [0.2, 0.25) is 0 Å². The van der Waals surface area contributed by atoms with E-state index in [2.05, 4.69) is 18.9 Å². The van der Waals surface area contributed by atoms with Crippen LogP contribution in [-0.4, -0.2) is 36.8 Å². The van der Waals surface area contributed by atoms with Crippen molar-refractivity contribution in [2.45, 2.75) is 39.2 Å². The molecule has 0 amide bonds. The van der Waals surface area contributed by atoms with Gasteiger partial charge in [-0.15, -0.1) is 0 Å². The van der Waals surface area contributed by atoms with Gasteiger partial charge in [0.1, 0.15) is 5.75 Å². The Kier molecular flexibility index (Phi) is 7.41. The highest BCUT2D eigenvalue weighted by Gasteiger charge is 2.11. The second kappa shape index (κ2) is 8.82. The highest BCUT2D eigenvalue weighted by Crippen LogP contribution is 2.27. The van der Waals surface area contributed by atoms with Gasteiger partial charge < -0.3 is 20.5 Å². The van der Waals surface area contributed by atoms with Gasteiger partial charge in [-0.05, 0) is 51.1 Å². The standard InChI is InChI=1S/C16H28N2O2/c1-4-6-10-18(3)11-9-15(19)13-7-8-16(20-5-2)14(17)12-13/h7-8,12,15,19H,4-6,9-11,17H2,1-3H3. The fourth-order valence-electron chi connectivity index (χ4n) is 2.11. The average molecular weight is 280 g/mol. The normalized spacial score (nSPS) is 12.7. The van der Waals surface area contributed by atoms with Gasteiger partial charge in [-0.1, -0.05) is 19.4 Å². The summed E-state index contributed by atoms with van der Waals surface area (Å²) in [4.78, 5) is 2.25. The van der Waals surface area contributed by atoms with E-state index in [9.17, 15) is 5.11 Å². The van der Waals surface area contributed by atoms with Crippen molar-refractivity contribution in [3.05, 3.63) is 23.8 Å². The first-order valence-electron chi connectivity index (χ1n) is 7.47. The first-order valence-corrected chi connectivity index (χ1v) is 7.47. The monoisotopic (exact) mass is 280 g/mol. The van der Waals surface area contributed by atoms with Crippen LogP contribution in [-0.2, 0) is 0 Å². The average Bonchev–Trinajstić information content (AvgIpc) is 2.44. The fraction of sp³-hybridized carbons (Fsp3) is 0.625. The lowest BCUT2D eigenvalue weighted by Crippen LogP contribution is -2.22. The van der Waals surface area contributed by atoms with Crippen LogP contribution < -0.4 is 10.5 Å². The third kappa shape index (κ3) is 5.39. The Labute approximate surface area is 122 Å². The molecule has 0 fully saturated rings. The van der Waals surface area contributed by atoms with Crippen LogP contribution in [0, 0.1) is 0 Å². The maximum atomic E-state index is 10.2. The Morgan fingerprint density at radius 2 is 2.05 bits per heavy atom. The molecule has 20 heavy (non-hydrogen) atoms. The molecule has 1 atom stereocenters. The smallest absolute Gasteiger partial charge is 0.142 e. The maximum Gasteiger partial charge on any atom is 0.142 e. The molecule has 0 aromatic heterocycles. The molecule has 0 aliphatic heterocycles. The van der Waals surface area contributed by atoms with E-state index in [1.165, 1.54) is 12.8 Å². The van der Waals surface area contributed by atoms with E-state index in [0.717, 1.165) is 18.7 Å². The predicted molar refractivity (Wildman–Crippen MR) is 84.0 cm³/mol. The lowest BCUT2D eigenvalue weighted by atomic mass is 10.1. The third-order valence-corrected chi connectivity index (χ3v) is 3.40. The summed E-state index contributed by atoms with van der Waals surface area (Å²) >= 11 is 0. The zero-order valence-corrected chi connectivity index (χ0v) is 12.9. The van der Waals surface area contributed by atoms with Crippen molar-refractivity contribution >= 4 is 5.69 Å². The molecule has 1 aromatic rings. The van der Waals surface area contributed by atoms with E-state index in [1.807, 2.05) is 25.1 Å². The molecule has 0 radical (unpaired) electrons. The van der Waals surface area contributed by atoms with Crippen molar-refractivity contribution < 1.29 is 9.84 Å². The highest BCUT2D eigenvalue weighted by atomic mass is 16.5. The lowest BCUT2D eigenvalue weighted by Gasteiger charge is -2.19. The summed E-state index contributed by atoms with van der Waals surface area (Å²) in [6.45, 7) is 6.66. The minimum absolute atomic E-state index is 0.475. The topological polar surface area (TPSA) is 58.7 Å². The molecule has 0 saturated heterocycles. The number of benzene rings is 1. The molecule has 0 spiro atoms. The van der Waals surface area contributed by atoms with Gasteiger partial charge in [0.2, 0.25) is 0 Å². The summed E-state index contributed by atoms with van der Waals surface area (Å²) in [6.07, 6.45) is 2.63. The van der Waals surface area contributed by atoms with Crippen LogP contribution in [0.25, 0.3) is 0 Å². The van der Waals surface area contributed by atoms with Crippen LogP contribution in [0.4, 0.5) is 5.69 Å². The van der Waals surface area contributed by atoms with Crippen molar-refractivity contribution in [3.8, 4) is 5.75 Å². The number of aliphatic hydroxyl groups excluding tert-OH is 1. The number of hydrogen-bond donors (Lipinski definition) is 2. The molecule has 3 N–H and O–H groups in total. The van der Waals surface area contributed by atoms with Crippen molar-refractivity contribution in [3.63, 3.8) is 0 Å². The second-order valence-corrected chi connectivity index (χ2v) is 5.19. The predicted octanol–water partition coefficient (Wildman–Crippen LogP) is 2.82. The number of nitrogen functional groups attached to an aromatic ring is 1. The van der Waals surface area contributed by atoms with E-state index in [4.69, 9.17) is 10.5 Å². The number of nitrogens with two attached hydrogens (primary N) is 1. The maximum absolute atomic E-state index is 10.2. The lowest BCUT2D eigenvalue weighted by molar-refractivity contribution is 0.149. The molecular weight excluding hydrogens is 252 g/mol. The van der Waals surface area contributed by atoms with E-state index < -0.39 is 6.10 Å². The Bertz CT molecular complexity index is 396. The van der Waals surface area contributed by atoms with E-state index in [-0.39, 0.29) is 0 Å². The molecule has 0 aliphatic carbocycles. The molecule has 0 aliphatic rings. The highest BCUT2D eigenvalue weighted by molar-refractivity contribution is 5.54. The van der Waals surface area contributed by atoms with Crippen LogP contribution in [0.1, 0.15) is 44.8 Å². The first-order chi connectivity index (χ1) is 9.58. The minimum atomic E-state index is -0.475. The molecule has 1 aromatic carbocycles. The number of ether oxygens (including phenoxy) is 1. The van der Waals surface area contributed by atoms with Gasteiger partial charge in [0.25, 0.3) is 0 Å². The number of hydrogen-bond acceptors (Lipinski definition) is 4. The Balaban J connectivity index is 2.50. The summed E-state index contributed by atoms with van der Waals surface area (Å²) in [6, 6.07) is 5.53. The number of unbranched alkanes of at least 4 members (excludes halogenated alkanes) is 1. The molecule has 114 valence electrons. The first kappa shape index (κ1) is 16.8. The number of aliphatic hydroxyl groups is 1. The molecule has 0 bridgehead atoms. The Hall–Kier alpha value is -1.26. The minimum Gasteiger partial charge on any atom is -0.492 e. The van der Waals surface area contributed by atoms with Gasteiger partial charge in [-0.3, -0.25) is 0 Å². The van der Waals surface area contributed by atoms with E-state index in [1.54, 1.807) is 0 Å². The molecule has 1 rings (SSSR count). The zero-order chi connectivity index (χ0) is 15.0. The van der Waals surface area contributed by atoms with Crippen LogP contribution in [0.5, 0.6) is 5.75 Å². The third-order valence-electron chi connectivity index (χ3n) is 3.40. The van der Waals surface area contributed by atoms with E-state index >= 15 is 0 Å². The van der Waals surface area contributed by atoms with Gasteiger partial charge in [0.05, 0.1) is 18.4 Å². The zero-order valence-electron chi connectivity index (χ0n) is 12.9. The number of anilines is 1. The Morgan fingerprint density at radius 1 is 1.30 bits per heavy atom. The summed E-state index contributed by atoms with van der Waals surface area (Å²) in [5, 5.41) is 10.2. The number of rotatable bonds is 9. The Morgan fingerprint density at radius 3 is 2.65 bits per heavy atom. The quantitative estimate of drug-likeness (QED) is 0.683. The van der Waals surface area contributed by atoms with Crippen molar-refractivity contribution in [1.82, 2.24) is 4.90 Å². The SMILES string of the molecule is CCCCN(C)CCC(O)c1ccc(OCC)c(N)c1. The van der Waals surface area contributed by atoms with Gasteiger partial charge in [0.15, 0.2) is 0 Å². The van der Waals surface area contributed by atoms with Crippen LogP contribution >= 0.6 is 0 Å². The van der Waals surface area contributed by atoms with Gasteiger partial charge in [0, 0.05) is 6.54 Å². The van der Waals surface area contributed by atoms with E-state index in [0.29, 0.717) is 24.5 Å². The largest absolute Gasteiger partial charge is 0.492 e. The van der Waals surface area contributed by atoms with Crippen molar-refractivity contribution in [2.24, 2.45) is 0 Å². The fourth-order valence-corrected chi connectivity index (χ4v) is 2.11. The molecule has 4 nitrogen and oxygen atoms in total. The van der Waals surface area contributed by atoms with Crippen LogP contribution in [0.15, 0.2) is 18.2 Å². The molecule has 0 heterocycles. The summed E-state index contributed by atoms with van der Waals surface area (Å²) in [7, 11) is 2.09. The molecular formula is C16H28N2O2. The van der Waals surface area contributed by atoms with Gasteiger partial charge in [-0.25, -0.2) is 0 Å². The van der Waals surface area contributed by atoms with Gasteiger partial charge >= 0.3 is 0 Å². The molecule has 1 unspecified atom stereocenters. The van der Waals surface area contributed by atoms with Crippen molar-refractivity contribution in [2.75, 3.05) is 32.5 Å². The van der Waals surface area contributed by atoms with Gasteiger partial charge in [-0.2, -0.15) is 0 Å². The summed E-state index contributed by atoms with van der Waals surface area (Å²) < 4.78 is 5.40. The summed E-state index contributed by atoms with van der Waals surface area (Å²) in [5.74, 6) is 0.684. The number of nitrogens with zero attached hydrogens (tertiary/aromatic N) is 1. The summed E-state index contributed by atoms with van der Waals surface area (Å²) in [5.41, 5.74) is 7.36. The van der Waals surface area contributed by atoms with Crippen LogP contribution in [0.3, 0.4) is 0 Å². The van der Waals surface area contributed by atoms with Crippen molar-refractivity contribution in [1.29, 1.82) is 0 Å². The second-order valence-electron chi connectivity index (χ2n) is 5.19. The molecule has 4 heteroatoms.